The maximum atomic E-state index is 10.1. The molecule has 0 aliphatic heterocycles. The Hall–Kier alpha value is 0.180. The molecule has 0 fully saturated rings. The van der Waals surface area contributed by atoms with Gasteiger partial charge in [-0.2, -0.15) is 8.42 Å². The Balaban J connectivity index is 0. The molecule has 0 atom stereocenters. The summed E-state index contributed by atoms with van der Waals surface area (Å²) in [6.45, 7) is 0.894. The number of hydrogen-bond donors (Lipinski definition) is 1. The molecular weight excluding hydrogens is 185 g/mol. The van der Waals surface area contributed by atoms with Crippen molar-refractivity contribution < 1.29 is 52.4 Å². The summed E-state index contributed by atoms with van der Waals surface area (Å²) in [5, 5.41) is 9.85. The first-order valence-corrected chi connectivity index (χ1v) is 3.75. The van der Waals surface area contributed by atoms with Gasteiger partial charge in [0.1, 0.15) is 0 Å². The molecule has 0 aliphatic carbocycles. The van der Waals surface area contributed by atoms with E-state index in [2.05, 4.69) is 0 Å². The molecule has 0 aromatic heterocycles. The van der Waals surface area contributed by atoms with E-state index < -0.39 is 16.4 Å². The van der Waals surface area contributed by atoms with Gasteiger partial charge >= 0.3 is 39.9 Å². The molecule has 60 valence electrons. The number of carboxylic acid groups (broad SMARTS) is 1. The van der Waals surface area contributed by atoms with Gasteiger partial charge in [0, 0.05) is 6.54 Å². The maximum Gasteiger partial charge on any atom is 1.00 e. The predicted molar refractivity (Wildman–Crippen MR) is 29.3 cm³/mol. The van der Waals surface area contributed by atoms with Crippen LogP contribution in [0.2, 0.25) is 0 Å². The van der Waals surface area contributed by atoms with Crippen molar-refractivity contribution >= 4 is 16.4 Å². The second kappa shape index (κ2) is 4.94. The summed E-state index contributed by atoms with van der Waals surface area (Å²) >= 11 is 0. The molecule has 11 heavy (non-hydrogen) atoms. The summed E-state index contributed by atoms with van der Waals surface area (Å²) in [4.78, 5) is 9.85. The van der Waals surface area contributed by atoms with E-state index in [1.54, 1.807) is 0 Å². The van der Waals surface area contributed by atoms with E-state index >= 15 is 0 Å². The SMILES string of the molecule is CCN(C(=O)[O-])S(=O)(=O)O.[Na+]. The zero-order valence-corrected chi connectivity index (χ0v) is 8.96. The summed E-state index contributed by atoms with van der Waals surface area (Å²) < 4.78 is 28.1. The maximum absolute atomic E-state index is 10.1. The van der Waals surface area contributed by atoms with Gasteiger partial charge in [-0.3, -0.25) is 4.55 Å². The van der Waals surface area contributed by atoms with Gasteiger partial charge in [0.15, 0.2) is 6.09 Å². The fourth-order valence-corrected chi connectivity index (χ4v) is 0.901. The Morgan fingerprint density at radius 1 is 1.64 bits per heavy atom. The molecule has 0 unspecified atom stereocenters. The monoisotopic (exact) mass is 191 g/mol. The second-order valence-corrected chi connectivity index (χ2v) is 2.74. The van der Waals surface area contributed by atoms with Crippen molar-refractivity contribution in [2.24, 2.45) is 0 Å². The summed E-state index contributed by atoms with van der Waals surface area (Å²) in [5.41, 5.74) is 0. The summed E-state index contributed by atoms with van der Waals surface area (Å²) in [7, 11) is -4.64. The molecule has 0 saturated carbocycles. The Labute approximate surface area is 86.4 Å². The van der Waals surface area contributed by atoms with Crippen LogP contribution in [0, 0.1) is 0 Å². The Morgan fingerprint density at radius 2 is 2.00 bits per heavy atom. The molecule has 0 spiro atoms. The Bertz CT molecular complexity index is 224. The second-order valence-electron chi connectivity index (χ2n) is 1.41. The van der Waals surface area contributed by atoms with E-state index in [1.165, 1.54) is 6.92 Å². The third kappa shape index (κ3) is 4.59. The molecule has 0 saturated heterocycles. The van der Waals surface area contributed by atoms with Crippen LogP contribution in [-0.4, -0.2) is 29.9 Å². The molecule has 0 aromatic carbocycles. The van der Waals surface area contributed by atoms with Gasteiger partial charge in [0.25, 0.3) is 0 Å². The molecule has 0 aliphatic rings. The van der Waals surface area contributed by atoms with Crippen LogP contribution in [0.15, 0.2) is 0 Å². The standard InChI is InChI=1S/C3H7NO5S.Na/c1-2-4(3(5)6)10(7,8)9;/h2H2,1H3,(H,5,6)(H,7,8,9);/q;+1/p-1. The van der Waals surface area contributed by atoms with E-state index in [1.807, 2.05) is 0 Å². The third-order valence-electron chi connectivity index (χ3n) is 0.769. The third-order valence-corrected chi connectivity index (χ3v) is 1.73. The minimum absolute atomic E-state index is 0. The molecule has 0 radical (unpaired) electrons. The van der Waals surface area contributed by atoms with Crippen molar-refractivity contribution in [2.75, 3.05) is 6.54 Å². The zero-order chi connectivity index (χ0) is 8.36. The number of carbonyl (C=O) groups excluding carboxylic acids is 1. The normalized spacial score (nSPS) is 10.0. The number of rotatable bonds is 2. The molecule has 6 nitrogen and oxygen atoms in total. The molecule has 0 bridgehead atoms. The molecule has 1 amide bonds. The average Bonchev–Trinajstić information content (AvgIpc) is 1.60. The number of hydrogen-bond acceptors (Lipinski definition) is 4. The van der Waals surface area contributed by atoms with Gasteiger partial charge in [0.05, 0.1) is 0 Å². The Kier molecular flexibility index (Phi) is 6.17. The first kappa shape index (κ1) is 13.7. The number of amides is 1. The molecule has 0 heterocycles. The van der Waals surface area contributed by atoms with Gasteiger partial charge in [-0.1, -0.05) is 0 Å². The topological polar surface area (TPSA) is 97.7 Å². The molecule has 0 aromatic rings. The molecule has 8 heteroatoms. The van der Waals surface area contributed by atoms with Gasteiger partial charge in [-0.05, 0) is 6.92 Å². The molecule has 0 rings (SSSR count). The quantitative estimate of drug-likeness (QED) is 0.350. The number of carbonyl (C=O) groups is 1. The van der Waals surface area contributed by atoms with Crippen LogP contribution in [0.5, 0.6) is 0 Å². The largest absolute Gasteiger partial charge is 1.00 e. The van der Waals surface area contributed by atoms with Crippen LogP contribution in [0.3, 0.4) is 0 Å². The molecule has 1 N–H and O–H groups in total. The smallest absolute Gasteiger partial charge is 0.529 e. The van der Waals surface area contributed by atoms with Crippen molar-refractivity contribution in [1.29, 1.82) is 0 Å². The predicted octanol–water partition coefficient (Wildman–Crippen LogP) is -4.54. The van der Waals surface area contributed by atoms with Crippen LogP contribution >= 0.6 is 0 Å². The van der Waals surface area contributed by atoms with Crippen molar-refractivity contribution in [3.05, 3.63) is 0 Å². The van der Waals surface area contributed by atoms with E-state index in [4.69, 9.17) is 4.55 Å². The zero-order valence-electron chi connectivity index (χ0n) is 6.14. The first-order chi connectivity index (χ1) is 4.39. The fourth-order valence-electron chi connectivity index (χ4n) is 0.386. The average molecular weight is 191 g/mol. The fraction of sp³-hybridized carbons (Fsp3) is 0.667. The van der Waals surface area contributed by atoms with Crippen LogP contribution in [0.4, 0.5) is 4.79 Å². The van der Waals surface area contributed by atoms with Crippen molar-refractivity contribution in [3.63, 3.8) is 0 Å². The first-order valence-electron chi connectivity index (χ1n) is 2.35. The summed E-state index contributed by atoms with van der Waals surface area (Å²) in [5.74, 6) is 0. The number of nitrogens with zero attached hydrogens (tertiary/aromatic N) is 1. The van der Waals surface area contributed by atoms with Crippen molar-refractivity contribution in [2.45, 2.75) is 6.92 Å². The van der Waals surface area contributed by atoms with Crippen LogP contribution in [0.25, 0.3) is 0 Å². The minimum atomic E-state index is -4.64. The van der Waals surface area contributed by atoms with Gasteiger partial charge in [0.2, 0.25) is 0 Å². The summed E-state index contributed by atoms with van der Waals surface area (Å²) in [6, 6.07) is 0. The van der Waals surface area contributed by atoms with Gasteiger partial charge in [-0.15, -0.1) is 0 Å². The minimum Gasteiger partial charge on any atom is -0.529 e. The van der Waals surface area contributed by atoms with Crippen LogP contribution < -0.4 is 34.7 Å². The van der Waals surface area contributed by atoms with E-state index in [-0.39, 0.29) is 40.4 Å². The van der Waals surface area contributed by atoms with E-state index in [0.717, 1.165) is 0 Å². The van der Waals surface area contributed by atoms with Crippen molar-refractivity contribution in [1.82, 2.24) is 4.31 Å². The van der Waals surface area contributed by atoms with E-state index in [0.29, 0.717) is 0 Å². The van der Waals surface area contributed by atoms with Crippen LogP contribution in [-0.2, 0) is 10.3 Å². The van der Waals surface area contributed by atoms with Gasteiger partial charge < -0.3 is 9.90 Å². The van der Waals surface area contributed by atoms with Gasteiger partial charge in [-0.25, -0.2) is 4.31 Å². The summed E-state index contributed by atoms with van der Waals surface area (Å²) in [6.07, 6.45) is -1.94. The van der Waals surface area contributed by atoms with Crippen LogP contribution in [0.1, 0.15) is 6.92 Å². The van der Waals surface area contributed by atoms with Crippen molar-refractivity contribution in [3.8, 4) is 0 Å². The molecular formula is C3H6NNaO5S. The Morgan fingerprint density at radius 3 is 2.00 bits per heavy atom. The van der Waals surface area contributed by atoms with E-state index in [9.17, 15) is 18.3 Å².